The van der Waals surface area contributed by atoms with Gasteiger partial charge in [0, 0.05) is 19.2 Å². The lowest BCUT2D eigenvalue weighted by atomic mass is 9.98. The molecule has 5 atom stereocenters. The molecule has 0 aromatic heterocycles. The maximum absolute atomic E-state index is 13.3. The van der Waals surface area contributed by atoms with E-state index in [9.17, 15) is 24.5 Å². The predicted octanol–water partition coefficient (Wildman–Crippen LogP) is 5.02. The molecule has 1 aliphatic heterocycles. The molecule has 12 heteroatoms. The number of nitrogens with zero attached hydrogens (tertiary/aromatic N) is 1. The number of esters is 3. The number of hydrogen-bond acceptors (Lipinski definition) is 11. The molecule has 0 N–H and O–H groups in total. The molecule has 0 aliphatic carbocycles. The number of carbonyl (C=O) groups is 3. The number of ether oxygens (including phenoxy) is 6. The zero-order valence-corrected chi connectivity index (χ0v) is 24.5. The molecular weight excluding hydrogens is 598 g/mol. The van der Waals surface area contributed by atoms with Crippen LogP contribution >= 0.6 is 0 Å². The van der Waals surface area contributed by atoms with Crippen molar-refractivity contribution in [3.05, 3.63) is 142 Å². The lowest BCUT2D eigenvalue weighted by Gasteiger charge is -2.44. The van der Waals surface area contributed by atoms with E-state index in [-0.39, 0.29) is 28.1 Å². The molecule has 0 radical (unpaired) electrons. The topological polar surface area (TPSA) is 150 Å². The Bertz CT molecular complexity index is 1630. The van der Waals surface area contributed by atoms with Gasteiger partial charge in [0.05, 0.1) is 21.6 Å². The molecule has 1 heterocycles. The van der Waals surface area contributed by atoms with Gasteiger partial charge in [-0.1, -0.05) is 54.6 Å². The fourth-order valence-electron chi connectivity index (χ4n) is 4.77. The van der Waals surface area contributed by atoms with Crippen LogP contribution in [0.25, 0.3) is 0 Å². The van der Waals surface area contributed by atoms with Crippen LogP contribution in [0.15, 0.2) is 115 Å². The Morgan fingerprint density at radius 2 is 1.15 bits per heavy atom. The van der Waals surface area contributed by atoms with Gasteiger partial charge in [0.15, 0.2) is 12.2 Å². The largest absolute Gasteiger partial charge is 0.461 e. The number of carbonyl (C=O) groups excluding carboxylic acids is 3. The van der Waals surface area contributed by atoms with Crippen molar-refractivity contribution < 1.29 is 47.7 Å². The SMILES string of the molecule is CO[C@H]1[C@@H](OC(=O)c2ccccc2)[C@@H](COC(=O)c2ccccc2)O[C@H](Oc2ccc([N+](=O)[O-])cc2)[C@@H]1OC(=O)c1ccccc1. The van der Waals surface area contributed by atoms with Crippen LogP contribution in [0.2, 0.25) is 0 Å². The van der Waals surface area contributed by atoms with E-state index in [1.54, 1.807) is 91.0 Å². The van der Waals surface area contributed by atoms with Crippen LogP contribution in [0, 0.1) is 10.1 Å². The molecule has 1 fully saturated rings. The van der Waals surface area contributed by atoms with Crippen molar-refractivity contribution >= 4 is 23.6 Å². The monoisotopic (exact) mass is 627 g/mol. The molecule has 0 amide bonds. The zero-order valence-electron chi connectivity index (χ0n) is 24.5. The Labute approximate surface area is 263 Å². The van der Waals surface area contributed by atoms with Crippen molar-refractivity contribution in [1.29, 1.82) is 0 Å². The number of rotatable bonds is 11. The van der Waals surface area contributed by atoms with Crippen LogP contribution in [0.4, 0.5) is 5.69 Å². The highest BCUT2D eigenvalue weighted by atomic mass is 16.7. The van der Waals surface area contributed by atoms with Gasteiger partial charge < -0.3 is 28.4 Å². The Morgan fingerprint density at radius 3 is 1.63 bits per heavy atom. The first-order valence-electron chi connectivity index (χ1n) is 14.2. The third-order valence-corrected chi connectivity index (χ3v) is 7.06. The van der Waals surface area contributed by atoms with Gasteiger partial charge in [-0.25, -0.2) is 14.4 Å². The molecule has 0 spiro atoms. The van der Waals surface area contributed by atoms with E-state index in [0.717, 1.165) is 0 Å². The molecule has 0 saturated carbocycles. The maximum Gasteiger partial charge on any atom is 0.338 e. The maximum atomic E-state index is 13.3. The highest BCUT2D eigenvalue weighted by molar-refractivity contribution is 5.90. The second kappa shape index (κ2) is 14.9. The van der Waals surface area contributed by atoms with Crippen molar-refractivity contribution in [1.82, 2.24) is 0 Å². The molecule has 1 saturated heterocycles. The van der Waals surface area contributed by atoms with E-state index in [2.05, 4.69) is 0 Å². The van der Waals surface area contributed by atoms with E-state index in [4.69, 9.17) is 28.4 Å². The van der Waals surface area contributed by atoms with Gasteiger partial charge in [0.25, 0.3) is 5.69 Å². The minimum absolute atomic E-state index is 0.144. The number of methoxy groups -OCH3 is 1. The first kappa shape index (κ1) is 31.8. The molecular formula is C34H29NO11. The first-order chi connectivity index (χ1) is 22.3. The molecule has 4 aromatic rings. The summed E-state index contributed by atoms with van der Waals surface area (Å²) in [6.07, 6.45) is -6.34. The van der Waals surface area contributed by atoms with E-state index in [0.29, 0.717) is 0 Å². The summed E-state index contributed by atoms with van der Waals surface area (Å²) in [6.45, 7) is -0.403. The number of nitro benzene ring substituents is 1. The standard InChI is InChI=1S/C34H29NO11/c1-41-29-28(45-32(37)23-13-7-3-8-14-23)27(21-42-31(36)22-11-5-2-6-12-22)44-34(43-26-19-17-25(18-20-26)35(39)40)30(29)46-33(38)24-15-9-4-10-16-24/h2-20,27-30,34H,21H2,1H3/t27-,28+,29+,30-,34+/m1/s1. The van der Waals surface area contributed by atoms with Gasteiger partial charge in [-0.3, -0.25) is 10.1 Å². The normalized spacial score (nSPS) is 20.6. The summed E-state index contributed by atoms with van der Waals surface area (Å²) < 4.78 is 35.4. The molecule has 46 heavy (non-hydrogen) atoms. The predicted molar refractivity (Wildman–Crippen MR) is 161 cm³/mol. The lowest BCUT2D eigenvalue weighted by Crippen LogP contribution is -2.63. The van der Waals surface area contributed by atoms with E-state index < -0.39 is 60.1 Å². The Balaban J connectivity index is 1.48. The molecule has 12 nitrogen and oxygen atoms in total. The Hall–Kier alpha value is -5.59. The number of benzene rings is 4. The highest BCUT2D eigenvalue weighted by Crippen LogP contribution is 2.32. The van der Waals surface area contributed by atoms with Gasteiger partial charge in [-0.05, 0) is 48.5 Å². The van der Waals surface area contributed by atoms with Crippen molar-refractivity contribution in [2.45, 2.75) is 30.7 Å². The fraction of sp³-hybridized carbons (Fsp3) is 0.206. The summed E-state index contributed by atoms with van der Waals surface area (Å²) in [5.41, 5.74) is 0.577. The molecule has 0 unspecified atom stereocenters. The Morgan fingerprint density at radius 1 is 0.674 bits per heavy atom. The van der Waals surface area contributed by atoms with Crippen LogP contribution in [-0.4, -0.2) is 67.3 Å². The van der Waals surface area contributed by atoms with Gasteiger partial charge in [-0.15, -0.1) is 0 Å². The summed E-state index contributed by atoms with van der Waals surface area (Å²) in [5.74, 6) is -1.98. The van der Waals surface area contributed by atoms with Gasteiger partial charge in [0.1, 0.15) is 24.6 Å². The Kier molecular flexibility index (Phi) is 10.3. The van der Waals surface area contributed by atoms with Crippen molar-refractivity contribution in [2.24, 2.45) is 0 Å². The van der Waals surface area contributed by atoms with Gasteiger partial charge in [-0.2, -0.15) is 0 Å². The summed E-state index contributed by atoms with van der Waals surface area (Å²) in [6, 6.07) is 29.8. The highest BCUT2D eigenvalue weighted by Gasteiger charge is 2.52. The summed E-state index contributed by atoms with van der Waals surface area (Å²) in [4.78, 5) is 50.0. The quantitative estimate of drug-likeness (QED) is 0.0954. The van der Waals surface area contributed by atoms with E-state index >= 15 is 0 Å². The van der Waals surface area contributed by atoms with Gasteiger partial charge >= 0.3 is 17.9 Å². The fourth-order valence-corrected chi connectivity index (χ4v) is 4.77. The third-order valence-electron chi connectivity index (χ3n) is 7.06. The number of nitro groups is 1. The molecule has 1 aliphatic rings. The van der Waals surface area contributed by atoms with Gasteiger partial charge in [0.2, 0.25) is 6.29 Å². The van der Waals surface area contributed by atoms with Crippen molar-refractivity contribution in [3.63, 3.8) is 0 Å². The molecule has 4 aromatic carbocycles. The second-order valence-corrected chi connectivity index (χ2v) is 10.0. The van der Waals surface area contributed by atoms with Crippen LogP contribution in [0.1, 0.15) is 31.1 Å². The molecule has 0 bridgehead atoms. The summed E-state index contributed by atoms with van der Waals surface area (Å²) in [7, 11) is 1.33. The van der Waals surface area contributed by atoms with E-state index in [1.165, 1.54) is 31.4 Å². The minimum atomic E-state index is -1.40. The van der Waals surface area contributed by atoms with E-state index in [1.807, 2.05) is 0 Å². The summed E-state index contributed by atoms with van der Waals surface area (Å²) >= 11 is 0. The minimum Gasteiger partial charge on any atom is -0.461 e. The molecule has 236 valence electrons. The van der Waals surface area contributed by atoms with Crippen molar-refractivity contribution in [3.8, 4) is 5.75 Å². The molecule has 5 rings (SSSR count). The third kappa shape index (κ3) is 7.73. The zero-order chi connectivity index (χ0) is 32.5. The van der Waals surface area contributed by atoms with Crippen LogP contribution in [0.5, 0.6) is 5.75 Å². The van der Waals surface area contributed by atoms with Crippen molar-refractivity contribution in [2.75, 3.05) is 13.7 Å². The number of hydrogen-bond donors (Lipinski definition) is 0. The first-order valence-corrected chi connectivity index (χ1v) is 14.2. The summed E-state index contributed by atoms with van der Waals surface area (Å²) in [5, 5.41) is 11.2. The van der Waals surface area contributed by atoms with Crippen LogP contribution < -0.4 is 4.74 Å². The van der Waals surface area contributed by atoms with Crippen LogP contribution in [0.3, 0.4) is 0 Å². The average Bonchev–Trinajstić information content (AvgIpc) is 3.09. The number of non-ortho nitro benzene ring substituents is 1. The van der Waals surface area contributed by atoms with Crippen LogP contribution in [-0.2, 0) is 23.7 Å². The lowest BCUT2D eigenvalue weighted by molar-refractivity contribution is -0.384. The smallest absolute Gasteiger partial charge is 0.338 e. The second-order valence-electron chi connectivity index (χ2n) is 10.0. The average molecular weight is 628 g/mol.